The minimum absolute atomic E-state index is 0.0670. The van der Waals surface area contributed by atoms with Gasteiger partial charge in [-0.05, 0) is 36.6 Å². The fraction of sp³-hybridized carbons (Fsp3) is 0.286. The van der Waals surface area contributed by atoms with E-state index in [1.165, 1.54) is 4.57 Å². The van der Waals surface area contributed by atoms with Gasteiger partial charge in [-0.2, -0.15) is 0 Å². The number of hydrogen-bond acceptors (Lipinski definition) is 3. The number of ether oxygens (including phenoxy) is 1. The molecular weight excluding hydrogens is 246 g/mol. The first-order valence-corrected chi connectivity index (χ1v) is 6.09. The van der Waals surface area contributed by atoms with Gasteiger partial charge in [0.2, 0.25) is 0 Å². The second kappa shape index (κ2) is 5.56. The topological polar surface area (TPSA) is 68.5 Å². The van der Waals surface area contributed by atoms with Crippen molar-refractivity contribution in [3.63, 3.8) is 0 Å². The smallest absolute Gasteiger partial charge is 0.305 e. The highest BCUT2D eigenvalue weighted by Gasteiger charge is 2.05. The Morgan fingerprint density at radius 3 is 2.84 bits per heavy atom. The highest BCUT2D eigenvalue weighted by atomic mass is 16.5. The highest BCUT2D eigenvalue weighted by molar-refractivity contribution is 5.82. The fourth-order valence-corrected chi connectivity index (χ4v) is 1.91. The van der Waals surface area contributed by atoms with Crippen LogP contribution < -0.4 is 10.3 Å². The number of nitrogens with zero attached hydrogens (tertiary/aromatic N) is 1. The van der Waals surface area contributed by atoms with Crippen molar-refractivity contribution in [2.45, 2.75) is 19.9 Å². The molecule has 0 aliphatic heterocycles. The average Bonchev–Trinajstić information content (AvgIpc) is 2.38. The van der Waals surface area contributed by atoms with Crippen molar-refractivity contribution in [3.05, 3.63) is 40.8 Å². The Morgan fingerprint density at radius 1 is 1.37 bits per heavy atom. The molecule has 0 unspecified atom stereocenters. The van der Waals surface area contributed by atoms with Crippen molar-refractivity contribution in [2.75, 3.05) is 6.61 Å². The standard InChI is InChI=1S/C14H15NO4/c1-2-19-11-3-4-12-10(9-11)5-7-15(14(12)18)8-6-13(16)17/h3-5,7,9H,2,6,8H2,1H3,(H,16,17). The van der Waals surface area contributed by atoms with Crippen molar-refractivity contribution >= 4 is 16.7 Å². The van der Waals surface area contributed by atoms with E-state index in [1.54, 1.807) is 24.4 Å². The number of aryl methyl sites for hydroxylation is 1. The zero-order valence-electron chi connectivity index (χ0n) is 10.6. The molecule has 2 rings (SSSR count). The van der Waals surface area contributed by atoms with E-state index in [0.717, 1.165) is 11.1 Å². The Hall–Kier alpha value is -2.30. The maximum atomic E-state index is 12.1. The van der Waals surface area contributed by atoms with E-state index in [4.69, 9.17) is 9.84 Å². The second-order valence-electron chi connectivity index (χ2n) is 4.14. The SMILES string of the molecule is CCOc1ccc2c(=O)n(CCC(=O)O)ccc2c1. The zero-order valence-corrected chi connectivity index (χ0v) is 10.6. The third kappa shape index (κ3) is 2.93. The molecule has 1 aromatic heterocycles. The largest absolute Gasteiger partial charge is 0.494 e. The first kappa shape index (κ1) is 13.1. The lowest BCUT2D eigenvalue weighted by atomic mass is 10.1. The van der Waals surface area contributed by atoms with Crippen LogP contribution in [-0.2, 0) is 11.3 Å². The molecule has 0 aliphatic carbocycles. The second-order valence-corrected chi connectivity index (χ2v) is 4.14. The molecule has 1 heterocycles. The molecule has 5 nitrogen and oxygen atoms in total. The van der Waals surface area contributed by atoms with Crippen LogP contribution in [0, 0.1) is 0 Å². The fourth-order valence-electron chi connectivity index (χ4n) is 1.91. The molecule has 0 fully saturated rings. The number of carboxylic acids is 1. The van der Waals surface area contributed by atoms with E-state index in [9.17, 15) is 9.59 Å². The summed E-state index contributed by atoms with van der Waals surface area (Å²) in [6.45, 7) is 2.65. The van der Waals surface area contributed by atoms with Gasteiger partial charge in [-0.25, -0.2) is 0 Å². The summed E-state index contributed by atoms with van der Waals surface area (Å²) in [7, 11) is 0. The summed E-state index contributed by atoms with van der Waals surface area (Å²) in [5.74, 6) is -0.198. The van der Waals surface area contributed by atoms with Crippen LogP contribution in [0.1, 0.15) is 13.3 Å². The van der Waals surface area contributed by atoms with Gasteiger partial charge in [0, 0.05) is 18.1 Å². The number of hydrogen-bond donors (Lipinski definition) is 1. The molecule has 5 heteroatoms. The molecule has 2 aromatic rings. The lowest BCUT2D eigenvalue weighted by Gasteiger charge is -2.07. The van der Waals surface area contributed by atoms with Crippen LogP contribution >= 0.6 is 0 Å². The Morgan fingerprint density at radius 2 is 2.16 bits per heavy atom. The Kier molecular flexibility index (Phi) is 3.85. The molecule has 100 valence electrons. The van der Waals surface area contributed by atoms with Crippen molar-refractivity contribution in [1.82, 2.24) is 4.57 Å². The number of aliphatic carboxylic acids is 1. The van der Waals surface area contributed by atoms with Crippen molar-refractivity contribution in [2.24, 2.45) is 0 Å². The molecule has 0 bridgehead atoms. The van der Waals surface area contributed by atoms with E-state index in [2.05, 4.69) is 0 Å². The van der Waals surface area contributed by atoms with Crippen LogP contribution in [0.3, 0.4) is 0 Å². The number of fused-ring (bicyclic) bond motifs is 1. The molecule has 19 heavy (non-hydrogen) atoms. The lowest BCUT2D eigenvalue weighted by Crippen LogP contribution is -2.20. The van der Waals surface area contributed by atoms with E-state index in [0.29, 0.717) is 12.0 Å². The maximum Gasteiger partial charge on any atom is 0.305 e. The normalized spacial score (nSPS) is 10.6. The minimum atomic E-state index is -0.918. The van der Waals surface area contributed by atoms with Gasteiger partial charge in [-0.1, -0.05) is 0 Å². The van der Waals surface area contributed by atoms with Crippen LogP contribution in [0.2, 0.25) is 0 Å². The van der Waals surface area contributed by atoms with Crippen LogP contribution in [0.25, 0.3) is 10.8 Å². The Labute approximate surface area is 110 Å². The molecule has 0 saturated carbocycles. The maximum absolute atomic E-state index is 12.1. The summed E-state index contributed by atoms with van der Waals surface area (Å²) in [4.78, 5) is 22.7. The predicted octanol–water partition coefficient (Wildman–Crippen LogP) is 1.87. The minimum Gasteiger partial charge on any atom is -0.494 e. The van der Waals surface area contributed by atoms with Gasteiger partial charge in [0.15, 0.2) is 0 Å². The van der Waals surface area contributed by atoms with Gasteiger partial charge in [0.1, 0.15) is 5.75 Å². The summed E-state index contributed by atoms with van der Waals surface area (Å²) >= 11 is 0. The van der Waals surface area contributed by atoms with Gasteiger partial charge in [-0.15, -0.1) is 0 Å². The van der Waals surface area contributed by atoms with Gasteiger partial charge < -0.3 is 14.4 Å². The molecule has 0 aliphatic rings. The summed E-state index contributed by atoms with van der Waals surface area (Å²) in [5, 5.41) is 10.0. The number of pyridine rings is 1. The third-order valence-corrected chi connectivity index (χ3v) is 2.83. The number of carboxylic acid groups (broad SMARTS) is 1. The molecule has 0 saturated heterocycles. The molecule has 0 atom stereocenters. The van der Waals surface area contributed by atoms with Crippen molar-refractivity contribution in [3.8, 4) is 5.75 Å². The molecule has 1 N–H and O–H groups in total. The highest BCUT2D eigenvalue weighted by Crippen LogP contribution is 2.18. The van der Waals surface area contributed by atoms with Crippen molar-refractivity contribution in [1.29, 1.82) is 0 Å². The van der Waals surface area contributed by atoms with E-state index in [-0.39, 0.29) is 18.5 Å². The Balaban J connectivity index is 2.39. The summed E-state index contributed by atoms with van der Waals surface area (Å²) in [5.41, 5.74) is -0.179. The van der Waals surface area contributed by atoms with Gasteiger partial charge in [0.25, 0.3) is 5.56 Å². The van der Waals surface area contributed by atoms with E-state index in [1.807, 2.05) is 13.0 Å². The number of rotatable bonds is 5. The molecule has 0 amide bonds. The monoisotopic (exact) mass is 261 g/mol. The molecule has 0 radical (unpaired) electrons. The van der Waals surface area contributed by atoms with Gasteiger partial charge in [-0.3, -0.25) is 9.59 Å². The first-order valence-electron chi connectivity index (χ1n) is 6.09. The third-order valence-electron chi connectivity index (χ3n) is 2.83. The van der Waals surface area contributed by atoms with E-state index >= 15 is 0 Å². The number of aromatic nitrogens is 1. The molecule has 0 spiro atoms. The van der Waals surface area contributed by atoms with Gasteiger partial charge >= 0.3 is 5.97 Å². The average molecular weight is 261 g/mol. The summed E-state index contributed by atoms with van der Waals surface area (Å²) in [6, 6.07) is 7.05. The van der Waals surface area contributed by atoms with Crippen LogP contribution in [-0.4, -0.2) is 22.2 Å². The summed E-state index contributed by atoms with van der Waals surface area (Å²) < 4.78 is 6.79. The number of carbonyl (C=O) groups is 1. The van der Waals surface area contributed by atoms with Gasteiger partial charge in [0.05, 0.1) is 13.0 Å². The van der Waals surface area contributed by atoms with Crippen molar-refractivity contribution < 1.29 is 14.6 Å². The predicted molar refractivity (Wildman–Crippen MR) is 71.6 cm³/mol. The molecular formula is C14H15NO4. The van der Waals surface area contributed by atoms with Crippen LogP contribution in [0.4, 0.5) is 0 Å². The summed E-state index contributed by atoms with van der Waals surface area (Å²) in [6.07, 6.45) is 1.55. The quantitative estimate of drug-likeness (QED) is 0.892. The van der Waals surface area contributed by atoms with E-state index < -0.39 is 5.97 Å². The number of benzene rings is 1. The van der Waals surface area contributed by atoms with Crippen LogP contribution in [0.5, 0.6) is 5.75 Å². The zero-order chi connectivity index (χ0) is 13.8. The first-order chi connectivity index (χ1) is 9.11. The molecule has 1 aromatic carbocycles. The Bertz CT molecular complexity index is 660. The lowest BCUT2D eigenvalue weighted by molar-refractivity contribution is -0.137. The van der Waals surface area contributed by atoms with Crippen LogP contribution in [0.15, 0.2) is 35.3 Å².